The number of carboxylic acid groups (broad SMARTS) is 2. The zero-order valence-corrected chi connectivity index (χ0v) is 11.3. The van der Waals surface area contributed by atoms with Gasteiger partial charge in [-0.2, -0.15) is 0 Å². The van der Waals surface area contributed by atoms with Gasteiger partial charge in [-0.05, 0) is 38.0 Å². The van der Waals surface area contributed by atoms with Gasteiger partial charge in [-0.1, -0.05) is 26.2 Å². The molecule has 0 heterocycles. The number of carbonyl (C=O) groups is 2. The molecule has 2 N–H and O–H groups in total. The Kier molecular flexibility index (Phi) is 5.17. The minimum atomic E-state index is -0.849. The van der Waals surface area contributed by atoms with Crippen molar-refractivity contribution >= 4 is 11.9 Å². The van der Waals surface area contributed by atoms with Gasteiger partial charge in [0.25, 0.3) is 0 Å². The van der Waals surface area contributed by atoms with E-state index in [0.29, 0.717) is 6.42 Å². The van der Waals surface area contributed by atoms with E-state index in [-0.39, 0.29) is 18.3 Å². The van der Waals surface area contributed by atoms with Gasteiger partial charge >= 0.3 is 11.9 Å². The van der Waals surface area contributed by atoms with Crippen molar-refractivity contribution in [3.05, 3.63) is 0 Å². The van der Waals surface area contributed by atoms with Gasteiger partial charge in [-0.15, -0.1) is 0 Å². The molecule has 0 spiro atoms. The van der Waals surface area contributed by atoms with E-state index in [1.807, 2.05) is 6.92 Å². The van der Waals surface area contributed by atoms with Crippen molar-refractivity contribution in [2.45, 2.75) is 58.8 Å². The van der Waals surface area contributed by atoms with E-state index in [1.54, 1.807) is 6.92 Å². The fourth-order valence-electron chi connectivity index (χ4n) is 3.13. The molecular formula is C14H24O4. The van der Waals surface area contributed by atoms with E-state index in [2.05, 4.69) is 0 Å². The fourth-order valence-corrected chi connectivity index (χ4v) is 3.13. The van der Waals surface area contributed by atoms with E-state index >= 15 is 0 Å². The first-order valence-corrected chi connectivity index (χ1v) is 6.84. The predicted molar refractivity (Wildman–Crippen MR) is 68.4 cm³/mol. The zero-order valence-electron chi connectivity index (χ0n) is 11.3. The lowest BCUT2D eigenvalue weighted by Gasteiger charge is -2.40. The zero-order chi connectivity index (χ0) is 13.8. The minimum Gasteiger partial charge on any atom is -0.481 e. The highest BCUT2D eigenvalue weighted by Gasteiger charge is 2.45. The molecule has 1 fully saturated rings. The van der Waals surface area contributed by atoms with Crippen LogP contribution in [0.2, 0.25) is 0 Å². The maximum absolute atomic E-state index is 11.7. The summed E-state index contributed by atoms with van der Waals surface area (Å²) in [5.74, 6) is -1.53. The van der Waals surface area contributed by atoms with E-state index in [1.165, 1.54) is 6.42 Å². The van der Waals surface area contributed by atoms with Gasteiger partial charge in [-0.3, -0.25) is 9.59 Å². The van der Waals surface area contributed by atoms with Crippen molar-refractivity contribution in [2.24, 2.45) is 17.3 Å². The topological polar surface area (TPSA) is 74.6 Å². The lowest BCUT2D eigenvalue weighted by molar-refractivity contribution is -0.157. The van der Waals surface area contributed by atoms with Crippen molar-refractivity contribution in [3.63, 3.8) is 0 Å². The van der Waals surface area contributed by atoms with E-state index < -0.39 is 17.4 Å². The van der Waals surface area contributed by atoms with Gasteiger partial charge in [0, 0.05) is 6.42 Å². The van der Waals surface area contributed by atoms with Crippen molar-refractivity contribution in [2.75, 3.05) is 0 Å². The van der Waals surface area contributed by atoms with Gasteiger partial charge in [0.1, 0.15) is 0 Å². The minimum absolute atomic E-state index is 0.0523. The highest BCUT2D eigenvalue weighted by Crippen LogP contribution is 2.45. The first-order chi connectivity index (χ1) is 8.39. The number of hydrogen-bond acceptors (Lipinski definition) is 2. The molecule has 2 atom stereocenters. The summed E-state index contributed by atoms with van der Waals surface area (Å²) >= 11 is 0. The average molecular weight is 256 g/mol. The van der Waals surface area contributed by atoms with Gasteiger partial charge in [0.2, 0.25) is 0 Å². The Balaban J connectivity index is 2.77. The average Bonchev–Trinajstić information content (AvgIpc) is 2.35. The summed E-state index contributed by atoms with van der Waals surface area (Å²) in [5.41, 5.74) is -0.782. The Morgan fingerprint density at radius 1 is 1.22 bits per heavy atom. The number of hydrogen-bond donors (Lipinski definition) is 2. The number of carboxylic acids is 2. The van der Waals surface area contributed by atoms with Crippen LogP contribution in [-0.2, 0) is 9.59 Å². The van der Waals surface area contributed by atoms with Crippen LogP contribution in [0.4, 0.5) is 0 Å². The van der Waals surface area contributed by atoms with Crippen LogP contribution < -0.4 is 0 Å². The summed E-state index contributed by atoms with van der Waals surface area (Å²) in [6.07, 6.45) is 5.79. The Morgan fingerprint density at radius 3 is 2.22 bits per heavy atom. The maximum Gasteiger partial charge on any atom is 0.309 e. The van der Waals surface area contributed by atoms with E-state index in [0.717, 1.165) is 25.7 Å². The van der Waals surface area contributed by atoms with Crippen LogP contribution in [0.1, 0.15) is 58.8 Å². The third kappa shape index (κ3) is 3.24. The van der Waals surface area contributed by atoms with Crippen molar-refractivity contribution in [1.82, 2.24) is 0 Å². The molecule has 0 aromatic rings. The first-order valence-electron chi connectivity index (χ1n) is 6.84. The smallest absolute Gasteiger partial charge is 0.309 e. The summed E-state index contributed by atoms with van der Waals surface area (Å²) in [7, 11) is 0. The molecule has 1 aliphatic carbocycles. The molecule has 0 saturated heterocycles. The standard InChI is InChI=1S/C14H24O4/c1-10(8-9-12(15)16)14(2,13(17)18)11-6-4-3-5-7-11/h10-11H,3-9H2,1-2H3,(H,15,16)(H,17,18). The van der Waals surface area contributed by atoms with Crippen LogP contribution in [0, 0.1) is 17.3 Å². The molecule has 0 amide bonds. The second-order valence-electron chi connectivity index (χ2n) is 5.76. The Morgan fingerprint density at radius 2 is 1.78 bits per heavy atom. The molecule has 104 valence electrons. The van der Waals surface area contributed by atoms with Gasteiger partial charge in [0.05, 0.1) is 5.41 Å². The van der Waals surface area contributed by atoms with Crippen LogP contribution >= 0.6 is 0 Å². The summed E-state index contributed by atoms with van der Waals surface area (Å²) in [6.45, 7) is 3.68. The van der Waals surface area contributed by atoms with Crippen molar-refractivity contribution in [3.8, 4) is 0 Å². The van der Waals surface area contributed by atoms with Gasteiger partial charge in [0.15, 0.2) is 0 Å². The van der Waals surface area contributed by atoms with E-state index in [9.17, 15) is 14.7 Å². The maximum atomic E-state index is 11.7. The summed E-state index contributed by atoms with van der Waals surface area (Å²) in [6, 6.07) is 0. The second kappa shape index (κ2) is 6.21. The first kappa shape index (κ1) is 15.0. The monoisotopic (exact) mass is 256 g/mol. The highest BCUT2D eigenvalue weighted by molar-refractivity contribution is 5.75. The van der Waals surface area contributed by atoms with E-state index in [4.69, 9.17) is 5.11 Å². The number of aliphatic carboxylic acids is 2. The molecule has 1 aliphatic rings. The SMILES string of the molecule is CC(CCC(=O)O)C(C)(C(=O)O)C1CCCCC1. The highest BCUT2D eigenvalue weighted by atomic mass is 16.4. The predicted octanol–water partition coefficient (Wildman–Crippen LogP) is 3.16. The molecule has 2 unspecified atom stereocenters. The molecule has 0 radical (unpaired) electrons. The Hall–Kier alpha value is -1.06. The molecule has 18 heavy (non-hydrogen) atoms. The van der Waals surface area contributed by atoms with Crippen molar-refractivity contribution in [1.29, 1.82) is 0 Å². The van der Waals surface area contributed by atoms with Crippen LogP contribution in [0.5, 0.6) is 0 Å². The lowest BCUT2D eigenvalue weighted by Crippen LogP contribution is -2.42. The number of rotatable bonds is 6. The molecule has 0 aromatic carbocycles. The molecule has 0 aliphatic heterocycles. The second-order valence-corrected chi connectivity index (χ2v) is 5.76. The molecule has 4 nitrogen and oxygen atoms in total. The third-order valence-electron chi connectivity index (χ3n) is 4.73. The van der Waals surface area contributed by atoms with Gasteiger partial charge < -0.3 is 10.2 Å². The molecule has 0 aromatic heterocycles. The van der Waals surface area contributed by atoms with Crippen molar-refractivity contribution < 1.29 is 19.8 Å². The Labute approximate surface area is 108 Å². The molecule has 1 rings (SSSR count). The van der Waals surface area contributed by atoms with Gasteiger partial charge in [-0.25, -0.2) is 0 Å². The van der Waals surface area contributed by atoms with Crippen LogP contribution in [0.3, 0.4) is 0 Å². The third-order valence-corrected chi connectivity index (χ3v) is 4.73. The summed E-state index contributed by atoms with van der Waals surface area (Å²) in [5, 5.41) is 18.3. The molecule has 1 saturated carbocycles. The molecule has 0 bridgehead atoms. The van der Waals surface area contributed by atoms with Crippen LogP contribution in [0.15, 0.2) is 0 Å². The Bertz CT molecular complexity index is 307. The largest absolute Gasteiger partial charge is 0.481 e. The molecular weight excluding hydrogens is 232 g/mol. The fraction of sp³-hybridized carbons (Fsp3) is 0.857. The molecule has 4 heteroatoms. The normalized spacial score (nSPS) is 22.1. The van der Waals surface area contributed by atoms with Crippen LogP contribution in [0.25, 0.3) is 0 Å². The lowest BCUT2D eigenvalue weighted by atomic mass is 9.62. The van der Waals surface area contributed by atoms with Crippen LogP contribution in [-0.4, -0.2) is 22.2 Å². The summed E-state index contributed by atoms with van der Waals surface area (Å²) in [4.78, 5) is 22.3. The quantitative estimate of drug-likeness (QED) is 0.765. The summed E-state index contributed by atoms with van der Waals surface area (Å²) < 4.78 is 0.